The van der Waals surface area contributed by atoms with E-state index in [-0.39, 0.29) is 48.5 Å². The quantitative estimate of drug-likeness (QED) is 0.558. The Morgan fingerprint density at radius 2 is 1.86 bits per heavy atom. The molecule has 2 unspecified atom stereocenters. The summed E-state index contributed by atoms with van der Waals surface area (Å²) in [4.78, 5) is 42.1. The molecule has 1 aromatic carbocycles. The van der Waals surface area contributed by atoms with Crippen LogP contribution in [0.1, 0.15) is 31.5 Å². The van der Waals surface area contributed by atoms with E-state index < -0.39 is 5.97 Å². The van der Waals surface area contributed by atoms with Gasteiger partial charge in [-0.2, -0.15) is 4.98 Å². The lowest BCUT2D eigenvalue weighted by atomic mass is 9.81. The molecule has 146 valence electrons. The van der Waals surface area contributed by atoms with Crippen LogP contribution in [0.5, 0.6) is 0 Å². The summed E-state index contributed by atoms with van der Waals surface area (Å²) >= 11 is 6.09. The van der Waals surface area contributed by atoms with Gasteiger partial charge in [-0.3, -0.25) is 19.3 Å². The lowest BCUT2D eigenvalue weighted by molar-refractivity contribution is -0.154. The number of imide groups is 1. The van der Waals surface area contributed by atoms with Crippen molar-refractivity contribution in [2.24, 2.45) is 11.8 Å². The Hall–Kier alpha value is -2.74. The van der Waals surface area contributed by atoms with Crippen molar-refractivity contribution in [2.45, 2.75) is 32.3 Å². The molecule has 2 amide bonds. The van der Waals surface area contributed by atoms with Crippen molar-refractivity contribution < 1.29 is 23.6 Å². The first kappa shape index (κ1) is 18.6. The molecule has 2 fully saturated rings. The van der Waals surface area contributed by atoms with Gasteiger partial charge in [0.15, 0.2) is 6.61 Å². The molecule has 1 aliphatic carbocycles. The Kier molecular flexibility index (Phi) is 5.13. The normalized spacial score (nSPS) is 21.7. The van der Waals surface area contributed by atoms with Crippen LogP contribution in [0, 0.1) is 11.8 Å². The molecule has 4 rings (SSSR count). The maximum Gasteiger partial charge on any atom is 0.326 e. The van der Waals surface area contributed by atoms with E-state index in [1.807, 2.05) is 0 Å². The number of benzene rings is 1. The number of likely N-dealkylation sites (tertiary alicyclic amines) is 1. The number of esters is 1. The number of amides is 2. The highest BCUT2D eigenvalue weighted by Crippen LogP contribution is 2.37. The summed E-state index contributed by atoms with van der Waals surface area (Å²) in [6, 6.07) is 6.99. The monoisotopic (exact) mass is 403 g/mol. The van der Waals surface area contributed by atoms with E-state index in [9.17, 15) is 14.4 Å². The molecule has 1 saturated heterocycles. The Morgan fingerprint density at radius 1 is 1.18 bits per heavy atom. The maximum absolute atomic E-state index is 12.4. The van der Waals surface area contributed by atoms with E-state index in [1.54, 1.807) is 24.3 Å². The number of aromatic nitrogens is 2. The average molecular weight is 404 g/mol. The molecule has 0 N–H and O–H groups in total. The maximum atomic E-state index is 12.4. The zero-order valence-corrected chi connectivity index (χ0v) is 15.7. The van der Waals surface area contributed by atoms with Crippen LogP contribution in [-0.4, -0.2) is 39.4 Å². The minimum absolute atomic E-state index is 0.163. The van der Waals surface area contributed by atoms with Crippen LogP contribution >= 0.6 is 11.6 Å². The third kappa shape index (κ3) is 3.52. The first-order valence-corrected chi connectivity index (χ1v) is 9.50. The second-order valence-electron chi connectivity index (χ2n) is 6.92. The number of ether oxygens (including phenoxy) is 1. The summed E-state index contributed by atoms with van der Waals surface area (Å²) in [5.74, 6) is -1.43. The van der Waals surface area contributed by atoms with Gasteiger partial charge >= 0.3 is 5.97 Å². The van der Waals surface area contributed by atoms with E-state index in [2.05, 4.69) is 10.1 Å². The van der Waals surface area contributed by atoms with Crippen LogP contribution in [0.4, 0.5) is 0 Å². The van der Waals surface area contributed by atoms with Crippen molar-refractivity contribution in [3.8, 4) is 11.5 Å². The van der Waals surface area contributed by atoms with E-state index in [0.717, 1.165) is 17.7 Å². The van der Waals surface area contributed by atoms with Crippen LogP contribution < -0.4 is 0 Å². The van der Waals surface area contributed by atoms with E-state index in [1.165, 1.54) is 0 Å². The third-order valence-corrected chi connectivity index (χ3v) is 5.48. The topological polar surface area (TPSA) is 103 Å². The fourth-order valence-corrected chi connectivity index (χ4v) is 3.98. The van der Waals surface area contributed by atoms with Gasteiger partial charge in [0, 0.05) is 0 Å². The minimum Gasteiger partial charge on any atom is -0.456 e. The number of hydrogen-bond acceptors (Lipinski definition) is 7. The number of carbonyl (C=O) groups is 3. The molecule has 2 aliphatic rings. The fraction of sp³-hybridized carbons (Fsp3) is 0.421. The summed E-state index contributed by atoms with van der Waals surface area (Å²) < 4.78 is 10.3. The molecular formula is C19H18ClN3O5. The Balaban J connectivity index is 1.35. The lowest BCUT2D eigenvalue weighted by Crippen LogP contribution is -2.36. The second kappa shape index (κ2) is 7.71. The van der Waals surface area contributed by atoms with Crippen molar-refractivity contribution >= 4 is 29.4 Å². The summed E-state index contributed by atoms with van der Waals surface area (Å²) in [5, 5.41) is 4.22. The predicted molar refractivity (Wildman–Crippen MR) is 96.7 cm³/mol. The van der Waals surface area contributed by atoms with Crippen molar-refractivity contribution in [2.75, 3.05) is 6.54 Å². The predicted octanol–water partition coefficient (Wildman–Crippen LogP) is 2.61. The molecule has 8 nitrogen and oxygen atoms in total. The van der Waals surface area contributed by atoms with E-state index in [0.29, 0.717) is 23.4 Å². The highest BCUT2D eigenvalue weighted by molar-refractivity contribution is 6.33. The zero-order valence-electron chi connectivity index (χ0n) is 15.0. The van der Waals surface area contributed by atoms with Gasteiger partial charge < -0.3 is 9.26 Å². The highest BCUT2D eigenvalue weighted by Gasteiger charge is 2.48. The van der Waals surface area contributed by atoms with Crippen molar-refractivity contribution in [1.82, 2.24) is 15.0 Å². The van der Waals surface area contributed by atoms with Crippen molar-refractivity contribution in [1.29, 1.82) is 0 Å². The van der Waals surface area contributed by atoms with Gasteiger partial charge in [0.05, 0.1) is 22.4 Å². The number of halogens is 1. The number of nitrogens with zero attached hydrogens (tertiary/aromatic N) is 3. The van der Waals surface area contributed by atoms with Gasteiger partial charge in [0.25, 0.3) is 5.89 Å². The van der Waals surface area contributed by atoms with Crippen molar-refractivity contribution in [3.63, 3.8) is 0 Å². The molecule has 2 aromatic rings. The molecule has 0 spiro atoms. The van der Waals surface area contributed by atoms with Crippen LogP contribution in [-0.2, 0) is 25.7 Å². The van der Waals surface area contributed by atoms with Gasteiger partial charge in [0.1, 0.15) is 6.54 Å². The Bertz CT molecular complexity index is 904. The number of rotatable bonds is 5. The highest BCUT2D eigenvalue weighted by atomic mass is 35.5. The van der Waals surface area contributed by atoms with Gasteiger partial charge in [-0.1, -0.05) is 41.7 Å². The second-order valence-corrected chi connectivity index (χ2v) is 7.32. The largest absolute Gasteiger partial charge is 0.456 e. The number of carbonyl (C=O) groups excluding carboxylic acids is 3. The standard InChI is InChI=1S/C19H18ClN3O5/c20-14-8-4-3-7-13(14)17-21-15(22-28-17)10-27-16(24)9-23-18(25)11-5-1-2-6-12(11)19(23)26/h3-4,7-8,11-12H,1-2,5-6,9-10H2. The zero-order chi connectivity index (χ0) is 19.7. The average Bonchev–Trinajstić information content (AvgIpc) is 3.26. The van der Waals surface area contributed by atoms with Gasteiger partial charge in [-0.15, -0.1) is 0 Å². The van der Waals surface area contributed by atoms with Crippen LogP contribution in [0.2, 0.25) is 5.02 Å². The lowest BCUT2D eigenvalue weighted by Gasteiger charge is -2.19. The molecule has 2 atom stereocenters. The third-order valence-electron chi connectivity index (χ3n) is 5.15. The van der Waals surface area contributed by atoms with Gasteiger partial charge in [-0.05, 0) is 25.0 Å². The molecule has 28 heavy (non-hydrogen) atoms. The minimum atomic E-state index is -0.690. The van der Waals surface area contributed by atoms with Crippen molar-refractivity contribution in [3.05, 3.63) is 35.1 Å². The van der Waals surface area contributed by atoms with Crippen LogP contribution in [0.3, 0.4) is 0 Å². The van der Waals surface area contributed by atoms with E-state index in [4.69, 9.17) is 20.9 Å². The Morgan fingerprint density at radius 3 is 2.54 bits per heavy atom. The SMILES string of the molecule is O=C(CN1C(=O)C2CCCCC2C1=O)OCc1noc(-c2ccccc2Cl)n1. The molecule has 1 aliphatic heterocycles. The van der Waals surface area contributed by atoms with Crippen LogP contribution in [0.15, 0.2) is 28.8 Å². The number of hydrogen-bond donors (Lipinski definition) is 0. The van der Waals surface area contributed by atoms with Gasteiger partial charge in [0.2, 0.25) is 17.6 Å². The summed E-state index contributed by atoms with van der Waals surface area (Å²) in [6.07, 6.45) is 3.27. The van der Waals surface area contributed by atoms with Gasteiger partial charge in [-0.25, -0.2) is 0 Å². The summed E-state index contributed by atoms with van der Waals surface area (Å²) in [7, 11) is 0. The number of fused-ring (bicyclic) bond motifs is 1. The fourth-order valence-electron chi connectivity index (χ4n) is 3.76. The summed E-state index contributed by atoms with van der Waals surface area (Å²) in [5.41, 5.74) is 0.574. The summed E-state index contributed by atoms with van der Waals surface area (Å²) in [6.45, 7) is -0.615. The molecule has 9 heteroatoms. The molecule has 0 bridgehead atoms. The smallest absolute Gasteiger partial charge is 0.326 e. The molecule has 1 aromatic heterocycles. The molecular weight excluding hydrogens is 386 g/mol. The molecule has 1 saturated carbocycles. The first-order valence-electron chi connectivity index (χ1n) is 9.13. The van der Waals surface area contributed by atoms with E-state index >= 15 is 0 Å². The Labute approximate surface area is 165 Å². The first-order chi connectivity index (χ1) is 13.5. The molecule has 0 radical (unpaired) electrons. The molecule has 2 heterocycles. The van der Waals surface area contributed by atoms with Crippen LogP contribution in [0.25, 0.3) is 11.5 Å².